The molecule has 188 valence electrons. The second-order valence-electron chi connectivity index (χ2n) is 7.37. The van der Waals surface area contributed by atoms with Crippen molar-refractivity contribution in [1.82, 2.24) is 0 Å². The van der Waals surface area contributed by atoms with Gasteiger partial charge in [0.05, 0.1) is 79.3 Å². The van der Waals surface area contributed by atoms with Crippen LogP contribution in [0, 0.1) is 5.92 Å². The number of alkyl halides is 1. The summed E-state index contributed by atoms with van der Waals surface area (Å²) in [5.41, 5.74) is 0. The Labute approximate surface area is 195 Å². The zero-order valence-electron chi connectivity index (χ0n) is 20.0. The van der Waals surface area contributed by atoms with Gasteiger partial charge in [0, 0.05) is 19.1 Å². The van der Waals surface area contributed by atoms with E-state index in [9.17, 15) is 0 Å². The lowest BCUT2D eigenvalue weighted by molar-refractivity contribution is -0.0215. The molecule has 31 heavy (non-hydrogen) atoms. The smallest absolute Gasteiger partial charge is 0.0701 e. The number of unbranched alkanes of at least 4 members (excludes halogenated alkanes) is 3. The van der Waals surface area contributed by atoms with Crippen molar-refractivity contribution in [3.8, 4) is 0 Å². The highest BCUT2D eigenvalue weighted by Gasteiger charge is 1.98. The van der Waals surface area contributed by atoms with Crippen LogP contribution >= 0.6 is 11.6 Å². The molecule has 1 unspecified atom stereocenters. The maximum Gasteiger partial charge on any atom is 0.0701 e. The Morgan fingerprint density at radius 1 is 0.484 bits per heavy atom. The van der Waals surface area contributed by atoms with Gasteiger partial charge in [0.2, 0.25) is 0 Å². The molecule has 0 radical (unpaired) electrons. The highest BCUT2D eigenvalue weighted by Crippen LogP contribution is 2.01. The van der Waals surface area contributed by atoms with Gasteiger partial charge in [-0.15, -0.1) is 11.6 Å². The molecule has 0 aliphatic rings. The Balaban J connectivity index is 3.01. The molecule has 0 aromatic heterocycles. The van der Waals surface area contributed by atoms with E-state index in [1.54, 1.807) is 0 Å². The van der Waals surface area contributed by atoms with Crippen LogP contribution in [0.2, 0.25) is 0 Å². The minimum absolute atomic E-state index is 0.556. The monoisotopic (exact) mass is 470 g/mol. The SMILES string of the molecule is CCC(C)COCCOCCOCCOCCOCCOCCOCCCCCCCl. The van der Waals surface area contributed by atoms with Crippen LogP contribution in [0.5, 0.6) is 0 Å². The normalized spacial score (nSPS) is 12.5. The van der Waals surface area contributed by atoms with Gasteiger partial charge in [0.1, 0.15) is 0 Å². The molecule has 7 nitrogen and oxygen atoms in total. The highest BCUT2D eigenvalue weighted by atomic mass is 35.5. The average molecular weight is 471 g/mol. The summed E-state index contributed by atoms with van der Waals surface area (Å²) in [6.45, 7) is 13.0. The minimum Gasteiger partial charge on any atom is -0.379 e. The first-order chi connectivity index (χ1) is 15.3. The molecule has 0 aliphatic carbocycles. The third-order valence-corrected chi connectivity index (χ3v) is 4.77. The first kappa shape index (κ1) is 31.0. The molecule has 8 heteroatoms. The number of rotatable bonds is 27. The van der Waals surface area contributed by atoms with Crippen LogP contribution in [0.15, 0.2) is 0 Å². The third kappa shape index (κ3) is 28.0. The van der Waals surface area contributed by atoms with Crippen LogP contribution < -0.4 is 0 Å². The van der Waals surface area contributed by atoms with Crippen LogP contribution in [0.1, 0.15) is 46.0 Å². The third-order valence-electron chi connectivity index (χ3n) is 4.50. The molecule has 0 bridgehead atoms. The summed E-state index contributed by atoms with van der Waals surface area (Å²) in [6, 6.07) is 0. The topological polar surface area (TPSA) is 64.6 Å². The molecule has 0 N–H and O–H groups in total. The fourth-order valence-corrected chi connectivity index (χ4v) is 2.56. The average Bonchev–Trinajstić information content (AvgIpc) is 2.78. The molecule has 0 saturated carbocycles. The van der Waals surface area contributed by atoms with Crippen molar-refractivity contribution in [3.05, 3.63) is 0 Å². The predicted octanol–water partition coefficient (Wildman–Crippen LogP) is 3.95. The van der Waals surface area contributed by atoms with E-state index in [0.717, 1.165) is 38.4 Å². The number of hydrogen-bond acceptors (Lipinski definition) is 7. The van der Waals surface area contributed by atoms with Crippen LogP contribution in [0.4, 0.5) is 0 Å². The number of hydrogen-bond donors (Lipinski definition) is 0. The molecule has 0 aliphatic heterocycles. The Kier molecular flexibility index (Phi) is 28.1. The maximum absolute atomic E-state index is 5.64. The van der Waals surface area contributed by atoms with Crippen molar-refractivity contribution >= 4 is 11.6 Å². The van der Waals surface area contributed by atoms with Gasteiger partial charge in [0.25, 0.3) is 0 Å². The van der Waals surface area contributed by atoms with E-state index in [4.69, 9.17) is 44.8 Å². The summed E-state index contributed by atoms with van der Waals surface area (Å²) in [7, 11) is 0. The van der Waals surface area contributed by atoms with E-state index in [2.05, 4.69) is 13.8 Å². The molecule has 0 amide bonds. The van der Waals surface area contributed by atoms with E-state index < -0.39 is 0 Å². The summed E-state index contributed by atoms with van der Waals surface area (Å²) in [5, 5.41) is 0. The van der Waals surface area contributed by atoms with Gasteiger partial charge in [-0.1, -0.05) is 33.1 Å². The lowest BCUT2D eigenvalue weighted by Gasteiger charge is -2.10. The second-order valence-corrected chi connectivity index (χ2v) is 7.74. The Morgan fingerprint density at radius 2 is 0.839 bits per heavy atom. The number of halogens is 1. The fourth-order valence-electron chi connectivity index (χ4n) is 2.37. The van der Waals surface area contributed by atoms with E-state index in [0.29, 0.717) is 85.2 Å². The first-order valence-corrected chi connectivity index (χ1v) is 12.4. The molecule has 0 aromatic carbocycles. The lowest BCUT2D eigenvalue weighted by atomic mass is 10.1. The molecule has 0 saturated heterocycles. The van der Waals surface area contributed by atoms with E-state index in [-0.39, 0.29) is 0 Å². The quantitative estimate of drug-likeness (QED) is 0.133. The summed E-state index contributed by atoms with van der Waals surface area (Å²) >= 11 is 5.64. The van der Waals surface area contributed by atoms with Gasteiger partial charge < -0.3 is 33.2 Å². The standard InChI is InChI=1S/C23H47ClO7/c1-3-23(2)22-31-21-20-30-19-18-29-17-16-28-15-14-27-13-12-26-11-10-25-9-7-5-4-6-8-24/h23H,3-22H2,1-2H3. The highest BCUT2D eigenvalue weighted by molar-refractivity contribution is 6.17. The Hall–Kier alpha value is 0.01000. The van der Waals surface area contributed by atoms with Crippen LogP contribution in [-0.4, -0.2) is 98.4 Å². The summed E-state index contributed by atoms with van der Waals surface area (Å²) in [4.78, 5) is 0. The largest absolute Gasteiger partial charge is 0.379 e. The van der Waals surface area contributed by atoms with Crippen LogP contribution in [-0.2, 0) is 33.2 Å². The number of ether oxygens (including phenoxy) is 7. The van der Waals surface area contributed by atoms with Gasteiger partial charge in [-0.05, 0) is 18.8 Å². The molecule has 0 fully saturated rings. The van der Waals surface area contributed by atoms with Gasteiger partial charge in [-0.25, -0.2) is 0 Å². The van der Waals surface area contributed by atoms with Gasteiger partial charge in [-0.2, -0.15) is 0 Å². The predicted molar refractivity (Wildman–Crippen MR) is 124 cm³/mol. The fraction of sp³-hybridized carbons (Fsp3) is 1.00. The Bertz CT molecular complexity index is 324. The van der Waals surface area contributed by atoms with E-state index in [1.807, 2.05) is 0 Å². The molecule has 0 spiro atoms. The zero-order chi connectivity index (χ0) is 22.7. The summed E-state index contributed by atoms with van der Waals surface area (Å²) in [5.74, 6) is 1.36. The van der Waals surface area contributed by atoms with Crippen molar-refractivity contribution < 1.29 is 33.2 Å². The van der Waals surface area contributed by atoms with Crippen molar-refractivity contribution in [2.75, 3.05) is 98.4 Å². The molecular formula is C23H47ClO7. The second kappa shape index (κ2) is 28.0. The van der Waals surface area contributed by atoms with E-state index in [1.165, 1.54) is 12.8 Å². The summed E-state index contributed by atoms with van der Waals surface area (Å²) < 4.78 is 38.3. The van der Waals surface area contributed by atoms with Gasteiger partial charge in [0.15, 0.2) is 0 Å². The van der Waals surface area contributed by atoms with Crippen molar-refractivity contribution in [1.29, 1.82) is 0 Å². The van der Waals surface area contributed by atoms with Gasteiger partial charge >= 0.3 is 0 Å². The molecule has 0 rings (SSSR count). The minimum atomic E-state index is 0.556. The molecule has 0 aromatic rings. The molecule has 0 heterocycles. The van der Waals surface area contributed by atoms with Crippen LogP contribution in [0.25, 0.3) is 0 Å². The first-order valence-electron chi connectivity index (χ1n) is 11.9. The van der Waals surface area contributed by atoms with Crippen molar-refractivity contribution in [2.45, 2.75) is 46.0 Å². The summed E-state index contributed by atoms with van der Waals surface area (Å²) in [6.07, 6.45) is 5.69. The maximum atomic E-state index is 5.64. The zero-order valence-corrected chi connectivity index (χ0v) is 20.7. The van der Waals surface area contributed by atoms with Crippen LogP contribution in [0.3, 0.4) is 0 Å². The van der Waals surface area contributed by atoms with Crippen molar-refractivity contribution in [2.24, 2.45) is 5.92 Å². The molecule has 1 atom stereocenters. The van der Waals surface area contributed by atoms with Crippen molar-refractivity contribution in [3.63, 3.8) is 0 Å². The van der Waals surface area contributed by atoms with E-state index >= 15 is 0 Å². The van der Waals surface area contributed by atoms with Gasteiger partial charge in [-0.3, -0.25) is 0 Å². The lowest BCUT2D eigenvalue weighted by Crippen LogP contribution is -2.15. The Morgan fingerprint density at radius 3 is 1.23 bits per heavy atom. The molecular weight excluding hydrogens is 424 g/mol.